The van der Waals surface area contributed by atoms with Crippen molar-refractivity contribution in [3.8, 4) is 0 Å². The van der Waals surface area contributed by atoms with Gasteiger partial charge in [0.2, 0.25) is 5.91 Å². The molecule has 0 heterocycles. The van der Waals surface area contributed by atoms with Gasteiger partial charge in [-0.05, 0) is 24.0 Å². The van der Waals surface area contributed by atoms with Crippen molar-refractivity contribution in [3.05, 3.63) is 71.8 Å². The molecule has 1 saturated carbocycles. The van der Waals surface area contributed by atoms with Crippen LogP contribution < -0.4 is 16.0 Å². The molecular formula is C23H29N3O2. The number of carbonyl (C=O) groups excluding carboxylic acids is 2. The zero-order chi connectivity index (χ0) is 19.6. The molecule has 28 heavy (non-hydrogen) atoms. The van der Waals surface area contributed by atoms with Gasteiger partial charge < -0.3 is 16.0 Å². The zero-order valence-electron chi connectivity index (χ0n) is 16.2. The van der Waals surface area contributed by atoms with Gasteiger partial charge in [-0.1, -0.05) is 73.5 Å². The van der Waals surface area contributed by atoms with Crippen molar-refractivity contribution >= 4 is 11.9 Å². The van der Waals surface area contributed by atoms with Gasteiger partial charge in [0.05, 0.1) is 0 Å². The fourth-order valence-electron chi connectivity index (χ4n) is 3.72. The molecule has 0 saturated heterocycles. The second-order valence-corrected chi connectivity index (χ2v) is 7.31. The first-order chi connectivity index (χ1) is 13.7. The second-order valence-electron chi connectivity index (χ2n) is 7.31. The Bertz CT molecular complexity index is 703. The van der Waals surface area contributed by atoms with Crippen LogP contribution in [-0.4, -0.2) is 31.1 Å². The Balaban J connectivity index is 1.45. The molecule has 3 rings (SSSR count). The Morgan fingerprint density at radius 1 is 0.857 bits per heavy atom. The number of rotatable bonds is 8. The number of hydrogen-bond donors (Lipinski definition) is 3. The molecular weight excluding hydrogens is 350 g/mol. The minimum atomic E-state index is -0.245. The van der Waals surface area contributed by atoms with E-state index in [1.165, 1.54) is 12.8 Å². The Hall–Kier alpha value is -2.82. The molecule has 2 aromatic carbocycles. The van der Waals surface area contributed by atoms with E-state index >= 15 is 0 Å². The molecule has 1 fully saturated rings. The largest absolute Gasteiger partial charge is 0.353 e. The summed E-state index contributed by atoms with van der Waals surface area (Å²) in [4.78, 5) is 24.1. The molecule has 148 valence electrons. The first-order valence-corrected chi connectivity index (χ1v) is 10.1. The highest BCUT2D eigenvalue weighted by molar-refractivity contribution is 5.78. The average Bonchev–Trinajstić information content (AvgIpc) is 3.23. The number of amides is 3. The van der Waals surface area contributed by atoms with Crippen molar-refractivity contribution in [2.24, 2.45) is 0 Å². The van der Waals surface area contributed by atoms with Gasteiger partial charge in [0.15, 0.2) is 0 Å². The first-order valence-electron chi connectivity index (χ1n) is 10.1. The second kappa shape index (κ2) is 10.5. The minimum absolute atomic E-state index is 0.0126. The van der Waals surface area contributed by atoms with E-state index < -0.39 is 0 Å². The Morgan fingerprint density at radius 2 is 1.43 bits per heavy atom. The van der Waals surface area contributed by atoms with E-state index in [1.54, 1.807) is 0 Å². The quantitative estimate of drug-likeness (QED) is 0.656. The minimum Gasteiger partial charge on any atom is -0.353 e. The number of benzene rings is 2. The van der Waals surface area contributed by atoms with Crippen LogP contribution in [0.5, 0.6) is 0 Å². The molecule has 1 aliphatic rings. The lowest BCUT2D eigenvalue weighted by atomic mass is 9.91. The lowest BCUT2D eigenvalue weighted by Gasteiger charge is -2.19. The Labute approximate surface area is 166 Å². The summed E-state index contributed by atoms with van der Waals surface area (Å²) in [5.41, 5.74) is 2.31. The predicted molar refractivity (Wildman–Crippen MR) is 111 cm³/mol. The van der Waals surface area contributed by atoms with Crippen LogP contribution in [0.4, 0.5) is 4.79 Å². The fourth-order valence-corrected chi connectivity index (χ4v) is 3.72. The highest BCUT2D eigenvalue weighted by atomic mass is 16.2. The van der Waals surface area contributed by atoms with Crippen LogP contribution in [0.3, 0.4) is 0 Å². The van der Waals surface area contributed by atoms with Crippen molar-refractivity contribution in [2.75, 3.05) is 13.1 Å². The maximum absolute atomic E-state index is 12.2. The van der Waals surface area contributed by atoms with Crippen molar-refractivity contribution in [1.29, 1.82) is 0 Å². The third-order valence-electron chi connectivity index (χ3n) is 5.23. The average molecular weight is 380 g/mol. The molecule has 0 unspecified atom stereocenters. The molecule has 5 nitrogen and oxygen atoms in total. The smallest absolute Gasteiger partial charge is 0.314 e. The van der Waals surface area contributed by atoms with E-state index in [1.807, 2.05) is 36.4 Å². The number of nitrogens with one attached hydrogen (secondary N) is 3. The number of urea groups is 1. The van der Waals surface area contributed by atoms with Gasteiger partial charge in [0.25, 0.3) is 0 Å². The van der Waals surface area contributed by atoms with Gasteiger partial charge in [-0.3, -0.25) is 4.79 Å². The van der Waals surface area contributed by atoms with Crippen LogP contribution in [0.15, 0.2) is 60.7 Å². The Morgan fingerprint density at radius 3 is 2.00 bits per heavy atom. The molecule has 0 bridgehead atoms. The van der Waals surface area contributed by atoms with Crippen molar-refractivity contribution in [2.45, 2.75) is 44.1 Å². The molecule has 5 heteroatoms. The van der Waals surface area contributed by atoms with Crippen LogP contribution in [0, 0.1) is 0 Å². The molecule has 0 radical (unpaired) electrons. The van der Waals surface area contributed by atoms with Crippen LogP contribution in [0.2, 0.25) is 0 Å². The van der Waals surface area contributed by atoms with Crippen LogP contribution in [-0.2, 0) is 4.79 Å². The molecule has 0 spiro atoms. The molecule has 3 N–H and O–H groups in total. The zero-order valence-corrected chi connectivity index (χ0v) is 16.2. The van der Waals surface area contributed by atoms with Crippen LogP contribution in [0.1, 0.15) is 49.1 Å². The van der Waals surface area contributed by atoms with Gasteiger partial charge >= 0.3 is 6.03 Å². The number of hydrogen-bond acceptors (Lipinski definition) is 2. The Kier molecular flexibility index (Phi) is 7.47. The molecule has 2 aromatic rings. The SMILES string of the molecule is O=C(CCNC(=O)NCC(c1ccccc1)c1ccccc1)NC1CCCC1. The fraction of sp³-hybridized carbons (Fsp3) is 0.391. The third-order valence-corrected chi connectivity index (χ3v) is 5.23. The number of carbonyl (C=O) groups is 2. The third kappa shape index (κ3) is 6.12. The van der Waals surface area contributed by atoms with Gasteiger partial charge in [-0.25, -0.2) is 4.79 Å². The van der Waals surface area contributed by atoms with Gasteiger partial charge in [-0.2, -0.15) is 0 Å². The maximum atomic E-state index is 12.2. The molecule has 0 atom stereocenters. The summed E-state index contributed by atoms with van der Waals surface area (Å²) in [6, 6.07) is 20.4. The summed E-state index contributed by atoms with van der Waals surface area (Å²) < 4.78 is 0. The lowest BCUT2D eigenvalue weighted by Crippen LogP contribution is -2.40. The van der Waals surface area contributed by atoms with E-state index in [0.717, 1.165) is 24.0 Å². The summed E-state index contributed by atoms with van der Waals surface area (Å²) in [6.45, 7) is 0.833. The van der Waals surface area contributed by atoms with E-state index in [2.05, 4.69) is 40.2 Å². The highest BCUT2D eigenvalue weighted by Crippen LogP contribution is 2.23. The molecule has 1 aliphatic carbocycles. The van der Waals surface area contributed by atoms with Gasteiger partial charge in [0.1, 0.15) is 0 Å². The first kappa shape index (κ1) is 19.9. The van der Waals surface area contributed by atoms with E-state index in [9.17, 15) is 9.59 Å². The van der Waals surface area contributed by atoms with E-state index in [0.29, 0.717) is 25.6 Å². The normalized spacial score (nSPS) is 14.0. The van der Waals surface area contributed by atoms with Gasteiger partial charge in [-0.15, -0.1) is 0 Å². The summed E-state index contributed by atoms with van der Waals surface area (Å²) in [6.07, 6.45) is 4.83. The van der Waals surface area contributed by atoms with E-state index in [-0.39, 0.29) is 17.9 Å². The molecule has 3 amide bonds. The van der Waals surface area contributed by atoms with Crippen molar-refractivity contribution < 1.29 is 9.59 Å². The summed E-state index contributed by atoms with van der Waals surface area (Å²) in [7, 11) is 0. The summed E-state index contributed by atoms with van der Waals surface area (Å²) in [5.74, 6) is 0.0949. The van der Waals surface area contributed by atoms with Crippen LogP contribution in [0.25, 0.3) is 0 Å². The van der Waals surface area contributed by atoms with E-state index in [4.69, 9.17) is 0 Å². The van der Waals surface area contributed by atoms with Crippen LogP contribution >= 0.6 is 0 Å². The standard InChI is InChI=1S/C23H29N3O2/c27-22(26-20-13-7-8-14-20)15-16-24-23(28)25-17-21(18-9-3-1-4-10-18)19-11-5-2-6-12-19/h1-6,9-12,20-21H,7-8,13-17H2,(H,26,27)(H2,24,25,28). The lowest BCUT2D eigenvalue weighted by molar-refractivity contribution is -0.121. The monoisotopic (exact) mass is 379 g/mol. The van der Waals surface area contributed by atoms with Crippen molar-refractivity contribution in [1.82, 2.24) is 16.0 Å². The summed E-state index contributed by atoms with van der Waals surface area (Å²) in [5, 5.41) is 8.77. The topological polar surface area (TPSA) is 70.2 Å². The highest BCUT2D eigenvalue weighted by Gasteiger charge is 2.17. The molecule has 0 aliphatic heterocycles. The summed E-state index contributed by atoms with van der Waals surface area (Å²) >= 11 is 0. The van der Waals surface area contributed by atoms with Crippen molar-refractivity contribution in [3.63, 3.8) is 0 Å². The predicted octanol–water partition coefficient (Wildman–Crippen LogP) is 3.57. The molecule has 0 aromatic heterocycles. The maximum Gasteiger partial charge on any atom is 0.314 e. The van der Waals surface area contributed by atoms with Gasteiger partial charge in [0, 0.05) is 31.5 Å².